The van der Waals surface area contributed by atoms with Crippen LogP contribution in [0.3, 0.4) is 0 Å². The van der Waals surface area contributed by atoms with Crippen molar-refractivity contribution in [3.05, 3.63) is 64.2 Å². The summed E-state index contributed by atoms with van der Waals surface area (Å²) in [6.45, 7) is 3.19. The van der Waals surface area contributed by atoms with E-state index in [0.717, 1.165) is 0 Å². The lowest BCUT2D eigenvalue weighted by Crippen LogP contribution is -2.32. The van der Waals surface area contributed by atoms with Crippen molar-refractivity contribution in [1.82, 2.24) is 4.90 Å². The Balaban J connectivity index is 2.16. The third-order valence-corrected chi connectivity index (χ3v) is 4.06. The van der Waals surface area contributed by atoms with E-state index in [4.69, 9.17) is 10.9 Å². The average Bonchev–Trinajstić information content (AvgIpc) is 2.66. The highest BCUT2D eigenvalue weighted by Crippen LogP contribution is 2.21. The molecule has 0 fully saturated rings. The molecule has 0 aliphatic heterocycles. The van der Waals surface area contributed by atoms with Gasteiger partial charge in [-0.15, -0.1) is 0 Å². The molecule has 0 bridgehead atoms. The molecule has 2 aromatic rings. The zero-order valence-corrected chi connectivity index (χ0v) is 15.1. The molecule has 2 aromatic carbocycles. The monoisotopic (exact) mass is 369 g/mol. The number of likely N-dealkylation sites (N-methyl/N-ethyl adjacent to an activating group) is 1. The van der Waals surface area contributed by atoms with Crippen LogP contribution in [0.25, 0.3) is 0 Å². The van der Waals surface area contributed by atoms with Crippen LogP contribution in [0.1, 0.15) is 37.4 Å². The molecular formula is C19H19N3O5. The molecule has 8 nitrogen and oxygen atoms in total. The summed E-state index contributed by atoms with van der Waals surface area (Å²) in [7, 11) is 1.52. The minimum Gasteiger partial charge on any atom is -0.409 e. The maximum absolute atomic E-state index is 12.6. The van der Waals surface area contributed by atoms with Gasteiger partial charge in [0.05, 0.1) is 6.54 Å². The number of aryl methyl sites for hydroxylation is 2. The molecule has 0 saturated heterocycles. The molecule has 27 heavy (non-hydrogen) atoms. The quantitative estimate of drug-likeness (QED) is 0.201. The number of benzene rings is 2. The fraction of sp³-hybridized carbons (Fsp3) is 0.211. The van der Waals surface area contributed by atoms with Crippen LogP contribution in [0.15, 0.2) is 35.5 Å². The minimum atomic E-state index is -0.354. The summed E-state index contributed by atoms with van der Waals surface area (Å²) in [6.07, 6.45) is 0. The maximum Gasteiger partial charge on any atom is 0.254 e. The predicted molar refractivity (Wildman–Crippen MR) is 96.3 cm³/mol. The van der Waals surface area contributed by atoms with Gasteiger partial charge in [0.2, 0.25) is 0 Å². The Morgan fingerprint density at radius 3 is 2.33 bits per heavy atom. The van der Waals surface area contributed by atoms with Gasteiger partial charge in [-0.3, -0.25) is 9.59 Å². The molecule has 0 spiro atoms. The Bertz CT molecular complexity index is 868. The number of amidine groups is 1. The number of hydrogen-bond acceptors (Lipinski definition) is 5. The number of amides is 1. The maximum atomic E-state index is 12.6. The van der Waals surface area contributed by atoms with Gasteiger partial charge in [0.25, 0.3) is 5.91 Å². The molecule has 2 radical (unpaired) electrons. The number of ketones is 1. The molecule has 2 rings (SSSR count). The van der Waals surface area contributed by atoms with Crippen LogP contribution in [0, 0.1) is 19.9 Å². The third kappa shape index (κ3) is 4.42. The van der Waals surface area contributed by atoms with Crippen LogP contribution in [0.4, 0.5) is 0 Å². The summed E-state index contributed by atoms with van der Waals surface area (Å²) in [4.78, 5) is 30.3. The lowest BCUT2D eigenvalue weighted by atomic mass is 9.98. The van der Waals surface area contributed by atoms with Gasteiger partial charge in [0.15, 0.2) is 17.4 Å². The Labute approximate surface area is 156 Å². The van der Waals surface area contributed by atoms with Gasteiger partial charge in [-0.2, -0.15) is 0 Å². The van der Waals surface area contributed by atoms with Crippen molar-refractivity contribution in [2.24, 2.45) is 10.9 Å². The van der Waals surface area contributed by atoms with E-state index in [-0.39, 0.29) is 29.8 Å². The van der Waals surface area contributed by atoms with Crippen molar-refractivity contribution < 1.29 is 24.9 Å². The van der Waals surface area contributed by atoms with Crippen LogP contribution in [-0.4, -0.2) is 41.2 Å². The molecule has 140 valence electrons. The van der Waals surface area contributed by atoms with Crippen molar-refractivity contribution >= 4 is 17.5 Å². The zero-order chi connectivity index (χ0) is 20.1. The van der Waals surface area contributed by atoms with Crippen LogP contribution < -0.4 is 10.6 Å². The largest absolute Gasteiger partial charge is 0.409 e. The molecule has 0 saturated carbocycles. The topological polar surface area (TPSA) is 125 Å². The average molecular weight is 369 g/mol. The van der Waals surface area contributed by atoms with Crippen LogP contribution in [-0.2, 0) is 5.26 Å². The summed E-state index contributed by atoms with van der Waals surface area (Å²) in [5, 5.41) is 22.1. The molecule has 0 heterocycles. The van der Waals surface area contributed by atoms with E-state index in [1.807, 2.05) is 0 Å². The van der Waals surface area contributed by atoms with E-state index in [9.17, 15) is 14.8 Å². The molecule has 8 heteroatoms. The zero-order valence-electron chi connectivity index (χ0n) is 15.1. The number of rotatable bonds is 6. The second kappa shape index (κ2) is 8.33. The summed E-state index contributed by atoms with van der Waals surface area (Å²) in [5.41, 5.74) is 7.77. The van der Waals surface area contributed by atoms with Crippen molar-refractivity contribution in [2.75, 3.05) is 13.6 Å². The Kier molecular flexibility index (Phi) is 6.15. The van der Waals surface area contributed by atoms with E-state index in [1.165, 1.54) is 30.1 Å². The summed E-state index contributed by atoms with van der Waals surface area (Å²) in [6, 6.07) is 10.3. The first-order chi connectivity index (χ1) is 12.8. The number of nitrogens with two attached hydrogens (primary N) is 1. The second-order valence-corrected chi connectivity index (χ2v) is 6.05. The minimum absolute atomic E-state index is 0.0109. The number of oxime groups is 1. The summed E-state index contributed by atoms with van der Waals surface area (Å²) < 4.78 is 0. The van der Waals surface area contributed by atoms with Crippen LogP contribution in [0.5, 0.6) is 5.75 Å². The van der Waals surface area contributed by atoms with Crippen LogP contribution >= 0.6 is 0 Å². The normalized spacial score (nSPS) is 11.2. The molecule has 0 aromatic heterocycles. The number of nitrogens with zero attached hydrogens (tertiary/aromatic N) is 2. The SMILES string of the molecule is Cc1[c]c(O[O])cc(C)c1C(=O)CN(C)C(=O)c1ccc(C(N)=NO)cc1. The Morgan fingerprint density at radius 1 is 1.22 bits per heavy atom. The molecule has 0 unspecified atom stereocenters. The van der Waals surface area contributed by atoms with Gasteiger partial charge >= 0.3 is 0 Å². The Morgan fingerprint density at radius 2 is 1.81 bits per heavy atom. The number of hydrogen-bond donors (Lipinski definition) is 2. The molecule has 0 aliphatic rings. The smallest absolute Gasteiger partial charge is 0.254 e. The molecule has 1 amide bonds. The highest BCUT2D eigenvalue weighted by atomic mass is 17.1. The lowest BCUT2D eigenvalue weighted by molar-refractivity contribution is -0.208. The van der Waals surface area contributed by atoms with E-state index >= 15 is 0 Å². The number of Topliss-reactive ketones (excluding diaryl/α,β-unsaturated/α-hetero) is 1. The first-order valence-electron chi connectivity index (χ1n) is 7.98. The van der Waals surface area contributed by atoms with Gasteiger partial charge in [-0.1, -0.05) is 17.3 Å². The number of carbonyl (C=O) groups is 2. The van der Waals surface area contributed by atoms with Crippen molar-refractivity contribution in [3.63, 3.8) is 0 Å². The van der Waals surface area contributed by atoms with Gasteiger partial charge < -0.3 is 20.7 Å². The summed E-state index contributed by atoms with van der Waals surface area (Å²) >= 11 is 0. The van der Waals surface area contributed by atoms with Gasteiger partial charge in [-0.05, 0) is 43.2 Å². The first kappa shape index (κ1) is 19.9. The highest BCUT2D eigenvalue weighted by molar-refractivity contribution is 6.04. The lowest BCUT2D eigenvalue weighted by Gasteiger charge is -2.18. The molecule has 3 N–H and O–H groups in total. The second-order valence-electron chi connectivity index (χ2n) is 6.05. The molecular weight excluding hydrogens is 350 g/mol. The molecule has 0 atom stereocenters. The van der Waals surface area contributed by atoms with Gasteiger partial charge in [0, 0.05) is 35.1 Å². The van der Waals surface area contributed by atoms with Crippen LogP contribution in [0.2, 0.25) is 0 Å². The van der Waals surface area contributed by atoms with Gasteiger partial charge in [0.1, 0.15) is 0 Å². The van der Waals surface area contributed by atoms with Crippen molar-refractivity contribution in [3.8, 4) is 5.75 Å². The number of carbonyl (C=O) groups excluding carboxylic acids is 2. The standard InChI is InChI=1S/C19H19N3O5/c1-11-8-15(27-26)9-12(2)17(11)16(23)10-22(3)19(24)14-6-4-13(5-7-14)18(20)21-25/h4-8,25H,10H2,1-3H3,(H2,20,21). The highest BCUT2D eigenvalue weighted by Gasteiger charge is 2.20. The fourth-order valence-electron chi connectivity index (χ4n) is 2.75. The van der Waals surface area contributed by atoms with Crippen molar-refractivity contribution in [2.45, 2.75) is 13.8 Å². The predicted octanol–water partition coefficient (Wildman–Crippen LogP) is 1.88. The van der Waals surface area contributed by atoms with Gasteiger partial charge in [-0.25, -0.2) is 0 Å². The van der Waals surface area contributed by atoms with E-state index in [0.29, 0.717) is 27.8 Å². The fourth-order valence-corrected chi connectivity index (χ4v) is 2.75. The third-order valence-electron chi connectivity index (χ3n) is 4.06. The van der Waals surface area contributed by atoms with E-state index in [2.05, 4.69) is 16.1 Å². The summed E-state index contributed by atoms with van der Waals surface area (Å²) in [5.74, 6) is -0.682. The first-order valence-corrected chi connectivity index (χ1v) is 7.98. The van der Waals surface area contributed by atoms with Crippen molar-refractivity contribution in [1.29, 1.82) is 0 Å². The van der Waals surface area contributed by atoms with E-state index in [1.54, 1.807) is 26.0 Å². The Hall–Kier alpha value is -3.39. The van der Waals surface area contributed by atoms with E-state index < -0.39 is 0 Å². The molecule has 0 aliphatic carbocycles.